The second-order valence-corrected chi connectivity index (χ2v) is 6.49. The summed E-state index contributed by atoms with van der Waals surface area (Å²) in [6.45, 7) is 2.87. The molecule has 112 valence electrons. The molecule has 0 saturated carbocycles. The van der Waals surface area contributed by atoms with Crippen LogP contribution in [-0.2, 0) is 4.79 Å². The molecule has 1 aliphatic rings. The molecule has 5 heteroatoms. The Hall–Kier alpha value is -1.33. The molecule has 0 atom stereocenters. The number of rotatable bonds is 6. The van der Waals surface area contributed by atoms with E-state index in [2.05, 4.69) is 6.92 Å². The number of methoxy groups -OCH3 is 1. The molecule has 1 aliphatic heterocycles. The third-order valence-electron chi connectivity index (χ3n) is 3.27. The number of thiocarbonyl (C=S) groups is 1. The number of carbonyl (C=O) groups excluding carboxylic acids is 1. The summed E-state index contributed by atoms with van der Waals surface area (Å²) >= 11 is 6.69. The van der Waals surface area contributed by atoms with Crippen molar-refractivity contribution in [2.75, 3.05) is 13.7 Å². The van der Waals surface area contributed by atoms with Gasteiger partial charge in [0, 0.05) is 6.54 Å². The number of nitrogens with zero attached hydrogens (tertiary/aromatic N) is 1. The lowest BCUT2D eigenvalue weighted by atomic mass is 10.2. The van der Waals surface area contributed by atoms with E-state index in [1.165, 1.54) is 11.8 Å². The molecule has 0 radical (unpaired) electrons. The van der Waals surface area contributed by atoms with Gasteiger partial charge in [0.1, 0.15) is 10.1 Å². The quantitative estimate of drug-likeness (QED) is 0.448. The highest BCUT2D eigenvalue weighted by molar-refractivity contribution is 8.26. The summed E-state index contributed by atoms with van der Waals surface area (Å²) in [6.07, 6.45) is 5.14. The maximum absolute atomic E-state index is 12.4. The van der Waals surface area contributed by atoms with Gasteiger partial charge in [-0.2, -0.15) is 0 Å². The Morgan fingerprint density at radius 2 is 2.00 bits per heavy atom. The van der Waals surface area contributed by atoms with E-state index >= 15 is 0 Å². The number of carbonyl (C=O) groups is 1. The molecule has 0 unspecified atom stereocenters. The summed E-state index contributed by atoms with van der Waals surface area (Å²) in [5, 5.41) is 0. The van der Waals surface area contributed by atoms with Crippen molar-refractivity contribution in [2.24, 2.45) is 0 Å². The van der Waals surface area contributed by atoms with Crippen LogP contribution in [0.1, 0.15) is 31.7 Å². The maximum atomic E-state index is 12.4. The van der Waals surface area contributed by atoms with E-state index in [0.717, 1.165) is 37.1 Å². The molecule has 3 nitrogen and oxygen atoms in total. The smallest absolute Gasteiger partial charge is 0.266 e. The van der Waals surface area contributed by atoms with Gasteiger partial charge < -0.3 is 4.74 Å². The molecule has 1 aromatic rings. The molecular weight excluding hydrogens is 302 g/mol. The van der Waals surface area contributed by atoms with Crippen LogP contribution in [0.2, 0.25) is 0 Å². The van der Waals surface area contributed by atoms with Crippen LogP contribution in [0, 0.1) is 0 Å². The molecule has 0 aliphatic carbocycles. The summed E-state index contributed by atoms with van der Waals surface area (Å²) in [6, 6.07) is 7.63. The summed E-state index contributed by atoms with van der Waals surface area (Å²) in [7, 11) is 1.64. The zero-order chi connectivity index (χ0) is 15.2. The van der Waals surface area contributed by atoms with Crippen LogP contribution in [0.15, 0.2) is 29.2 Å². The third-order valence-corrected chi connectivity index (χ3v) is 4.65. The van der Waals surface area contributed by atoms with E-state index in [-0.39, 0.29) is 5.91 Å². The Labute approximate surface area is 135 Å². The number of unbranched alkanes of at least 4 members (excludes halogenated alkanes) is 2. The van der Waals surface area contributed by atoms with E-state index in [1.54, 1.807) is 12.0 Å². The zero-order valence-corrected chi connectivity index (χ0v) is 13.9. The monoisotopic (exact) mass is 321 g/mol. The molecule has 0 N–H and O–H groups in total. The van der Waals surface area contributed by atoms with Crippen LogP contribution < -0.4 is 4.74 Å². The van der Waals surface area contributed by atoms with Crippen LogP contribution >= 0.6 is 24.0 Å². The standard InChI is InChI=1S/C16H19NO2S2/c1-3-4-5-10-17-15(18)14(21-16(17)20)11-12-6-8-13(19-2)9-7-12/h6-9,11H,3-5,10H2,1-2H3/b14-11+. The lowest BCUT2D eigenvalue weighted by Crippen LogP contribution is -2.28. The molecule has 2 rings (SSSR count). The van der Waals surface area contributed by atoms with E-state index in [1.807, 2.05) is 30.3 Å². The normalized spacial score (nSPS) is 16.9. The fraction of sp³-hybridized carbons (Fsp3) is 0.375. The van der Waals surface area contributed by atoms with Gasteiger partial charge in [-0.1, -0.05) is 55.9 Å². The molecule has 1 aromatic carbocycles. The highest BCUT2D eigenvalue weighted by atomic mass is 32.2. The van der Waals surface area contributed by atoms with Crippen molar-refractivity contribution >= 4 is 40.3 Å². The Morgan fingerprint density at radius 1 is 1.29 bits per heavy atom. The van der Waals surface area contributed by atoms with E-state index in [0.29, 0.717) is 9.23 Å². The molecule has 1 saturated heterocycles. The minimum atomic E-state index is 0.0249. The molecule has 21 heavy (non-hydrogen) atoms. The van der Waals surface area contributed by atoms with Gasteiger partial charge in [-0.15, -0.1) is 0 Å². The first-order valence-corrected chi connectivity index (χ1v) is 8.27. The van der Waals surface area contributed by atoms with Gasteiger partial charge in [-0.25, -0.2) is 0 Å². The predicted molar refractivity (Wildman–Crippen MR) is 92.4 cm³/mol. The van der Waals surface area contributed by atoms with E-state index < -0.39 is 0 Å². The van der Waals surface area contributed by atoms with Gasteiger partial charge in [0.2, 0.25) is 0 Å². The second-order valence-electron chi connectivity index (χ2n) is 4.81. The van der Waals surface area contributed by atoms with Gasteiger partial charge in [0.15, 0.2) is 0 Å². The highest BCUT2D eigenvalue weighted by Gasteiger charge is 2.31. The zero-order valence-electron chi connectivity index (χ0n) is 12.3. The summed E-state index contributed by atoms with van der Waals surface area (Å²) in [5.74, 6) is 0.830. The highest BCUT2D eigenvalue weighted by Crippen LogP contribution is 2.32. The van der Waals surface area contributed by atoms with Crippen LogP contribution in [0.4, 0.5) is 0 Å². The van der Waals surface area contributed by atoms with E-state index in [9.17, 15) is 4.79 Å². The first-order valence-electron chi connectivity index (χ1n) is 7.05. The average molecular weight is 321 g/mol. The number of benzene rings is 1. The van der Waals surface area contributed by atoms with Gasteiger partial charge in [-0.05, 0) is 30.2 Å². The lowest BCUT2D eigenvalue weighted by Gasteiger charge is -2.13. The molecule has 1 heterocycles. The molecule has 0 aromatic heterocycles. The predicted octanol–water partition coefficient (Wildman–Crippen LogP) is 4.09. The SMILES string of the molecule is CCCCCN1C(=O)/C(=C\c2ccc(OC)cc2)SC1=S. The van der Waals surface area contributed by atoms with Crippen molar-refractivity contribution < 1.29 is 9.53 Å². The van der Waals surface area contributed by atoms with Crippen molar-refractivity contribution in [2.45, 2.75) is 26.2 Å². The Bertz CT molecular complexity index is 552. The summed E-state index contributed by atoms with van der Waals surface area (Å²) in [4.78, 5) is 14.8. The molecule has 1 amide bonds. The third kappa shape index (κ3) is 4.08. The van der Waals surface area contributed by atoms with E-state index in [4.69, 9.17) is 17.0 Å². The van der Waals surface area contributed by atoms with Gasteiger partial charge in [0.25, 0.3) is 5.91 Å². The molecule has 0 bridgehead atoms. The van der Waals surface area contributed by atoms with Crippen molar-refractivity contribution in [3.05, 3.63) is 34.7 Å². The number of amides is 1. The molecule has 0 spiro atoms. The van der Waals surface area contributed by atoms with Crippen molar-refractivity contribution in [1.82, 2.24) is 4.90 Å². The second kappa shape index (κ2) is 7.61. The Balaban J connectivity index is 2.08. The molecular formula is C16H19NO2S2. The number of hydrogen-bond donors (Lipinski definition) is 0. The van der Waals surface area contributed by atoms with Gasteiger partial charge >= 0.3 is 0 Å². The minimum Gasteiger partial charge on any atom is -0.497 e. The first-order chi connectivity index (χ1) is 10.2. The number of hydrogen-bond acceptors (Lipinski definition) is 4. The Kier molecular flexibility index (Phi) is 5.82. The summed E-state index contributed by atoms with van der Waals surface area (Å²) in [5.41, 5.74) is 0.977. The van der Waals surface area contributed by atoms with Crippen LogP contribution in [-0.4, -0.2) is 28.8 Å². The number of ether oxygens (including phenoxy) is 1. The van der Waals surface area contributed by atoms with Crippen molar-refractivity contribution in [3.8, 4) is 5.75 Å². The van der Waals surface area contributed by atoms with Gasteiger partial charge in [-0.3, -0.25) is 9.69 Å². The Morgan fingerprint density at radius 3 is 2.62 bits per heavy atom. The number of thioether (sulfide) groups is 1. The minimum absolute atomic E-state index is 0.0249. The van der Waals surface area contributed by atoms with Crippen molar-refractivity contribution in [3.63, 3.8) is 0 Å². The fourth-order valence-corrected chi connectivity index (χ4v) is 3.37. The largest absolute Gasteiger partial charge is 0.497 e. The van der Waals surface area contributed by atoms with Crippen LogP contribution in [0.25, 0.3) is 6.08 Å². The maximum Gasteiger partial charge on any atom is 0.266 e. The first kappa shape index (κ1) is 16.0. The fourth-order valence-electron chi connectivity index (χ4n) is 2.06. The lowest BCUT2D eigenvalue weighted by molar-refractivity contribution is -0.122. The summed E-state index contributed by atoms with van der Waals surface area (Å²) < 4.78 is 5.79. The van der Waals surface area contributed by atoms with Crippen LogP contribution in [0.5, 0.6) is 5.75 Å². The van der Waals surface area contributed by atoms with Gasteiger partial charge in [0.05, 0.1) is 12.0 Å². The van der Waals surface area contributed by atoms with Crippen molar-refractivity contribution in [1.29, 1.82) is 0 Å². The van der Waals surface area contributed by atoms with Crippen LogP contribution in [0.3, 0.4) is 0 Å². The molecule has 1 fully saturated rings. The topological polar surface area (TPSA) is 29.5 Å². The average Bonchev–Trinajstić information content (AvgIpc) is 2.75.